The lowest BCUT2D eigenvalue weighted by Gasteiger charge is -2.29. The van der Waals surface area contributed by atoms with Crippen molar-refractivity contribution in [1.82, 2.24) is 36.1 Å². The molecule has 0 aliphatic carbocycles. The zero-order chi connectivity index (χ0) is 37.0. The number of nitrogens with two attached hydrogens (primary N) is 3. The highest BCUT2D eigenvalue weighted by molar-refractivity contribution is 5.98. The van der Waals surface area contributed by atoms with Crippen LogP contribution in [-0.4, -0.2) is 121 Å². The van der Waals surface area contributed by atoms with E-state index in [-0.39, 0.29) is 31.7 Å². The van der Waals surface area contributed by atoms with E-state index in [9.17, 15) is 48.6 Å². The first kappa shape index (κ1) is 40.1. The van der Waals surface area contributed by atoms with Gasteiger partial charge in [0, 0.05) is 24.9 Å². The number of carboxylic acid groups (broad SMARTS) is 1. The van der Waals surface area contributed by atoms with E-state index in [1.54, 1.807) is 13.8 Å². The molecule has 272 valence electrons. The molecular formula is C29H46N10O10. The maximum absolute atomic E-state index is 13.4. The van der Waals surface area contributed by atoms with E-state index in [1.165, 1.54) is 19.4 Å². The van der Waals surface area contributed by atoms with Crippen LogP contribution in [0.25, 0.3) is 0 Å². The second-order valence-corrected chi connectivity index (χ2v) is 12.3. The van der Waals surface area contributed by atoms with Crippen molar-refractivity contribution in [3.05, 3.63) is 18.2 Å². The molecule has 13 N–H and O–H groups in total. The fourth-order valence-electron chi connectivity index (χ4n) is 5.21. The Labute approximate surface area is 281 Å². The molecule has 20 nitrogen and oxygen atoms in total. The number of hydrogen-bond acceptors (Lipinski definition) is 11. The molecule has 1 fully saturated rings. The number of primary amides is 2. The lowest BCUT2D eigenvalue weighted by molar-refractivity contribution is -0.143. The van der Waals surface area contributed by atoms with Crippen LogP contribution in [0.5, 0.6) is 0 Å². The highest BCUT2D eigenvalue weighted by Gasteiger charge is 2.39. The third kappa shape index (κ3) is 12.5. The molecule has 0 radical (unpaired) electrons. The van der Waals surface area contributed by atoms with Crippen molar-refractivity contribution in [3.63, 3.8) is 0 Å². The summed E-state index contributed by atoms with van der Waals surface area (Å²) in [6, 6.07) is -8.43. The summed E-state index contributed by atoms with van der Waals surface area (Å²) in [5, 5.41) is 29.5. The summed E-state index contributed by atoms with van der Waals surface area (Å²) >= 11 is 0. The molecule has 1 aromatic rings. The number of aliphatic carboxylic acids is 1. The largest absolute Gasteiger partial charge is 0.480 e. The third-order valence-electron chi connectivity index (χ3n) is 7.61. The van der Waals surface area contributed by atoms with Crippen molar-refractivity contribution in [2.75, 3.05) is 6.54 Å². The average Bonchev–Trinajstić information content (AvgIpc) is 3.70. The summed E-state index contributed by atoms with van der Waals surface area (Å²) in [6.45, 7) is 4.81. The Morgan fingerprint density at radius 3 is 2.04 bits per heavy atom. The van der Waals surface area contributed by atoms with Gasteiger partial charge in [-0.1, -0.05) is 13.8 Å². The molecule has 0 saturated carbocycles. The highest BCUT2D eigenvalue weighted by atomic mass is 16.4. The number of amides is 7. The number of imidazole rings is 1. The van der Waals surface area contributed by atoms with E-state index in [4.69, 9.17) is 17.2 Å². The number of aliphatic hydroxyl groups is 1. The Hall–Kier alpha value is -5.11. The van der Waals surface area contributed by atoms with E-state index in [0.717, 1.165) is 4.90 Å². The number of aliphatic hydroxyl groups excluding tert-OH is 1. The van der Waals surface area contributed by atoms with Gasteiger partial charge in [0.05, 0.1) is 31.3 Å². The van der Waals surface area contributed by atoms with Crippen LogP contribution >= 0.6 is 0 Å². The molecule has 0 aromatic carbocycles. The summed E-state index contributed by atoms with van der Waals surface area (Å²) in [5.74, 6) is -7.86. The molecule has 49 heavy (non-hydrogen) atoms. The first-order chi connectivity index (χ1) is 22.9. The van der Waals surface area contributed by atoms with Gasteiger partial charge < -0.3 is 58.6 Å². The van der Waals surface area contributed by atoms with Gasteiger partial charge in [-0.2, -0.15) is 0 Å². The topological polar surface area (TPSA) is 335 Å². The number of nitrogens with zero attached hydrogens (tertiary/aromatic N) is 2. The molecule has 0 spiro atoms. The van der Waals surface area contributed by atoms with Crippen molar-refractivity contribution in [1.29, 1.82) is 0 Å². The minimum Gasteiger partial charge on any atom is -0.480 e. The zero-order valence-corrected chi connectivity index (χ0v) is 27.5. The van der Waals surface area contributed by atoms with Gasteiger partial charge in [-0.05, 0) is 32.1 Å². The lowest BCUT2D eigenvalue weighted by atomic mass is 10.0. The molecule has 7 unspecified atom stereocenters. The Morgan fingerprint density at radius 1 is 0.918 bits per heavy atom. The quantitative estimate of drug-likeness (QED) is 0.0655. The molecule has 0 bridgehead atoms. The average molecular weight is 695 g/mol. The van der Waals surface area contributed by atoms with Crippen LogP contribution in [0.15, 0.2) is 12.5 Å². The number of likely N-dealkylation sites (tertiary alicyclic amines) is 1. The monoisotopic (exact) mass is 694 g/mol. The summed E-state index contributed by atoms with van der Waals surface area (Å²) in [4.78, 5) is 109. The Kier molecular flexibility index (Phi) is 15.1. The molecular weight excluding hydrogens is 648 g/mol. The zero-order valence-electron chi connectivity index (χ0n) is 27.5. The number of carbonyl (C=O) groups excluding carboxylic acids is 7. The van der Waals surface area contributed by atoms with Crippen LogP contribution in [-0.2, 0) is 44.8 Å². The maximum Gasteiger partial charge on any atom is 0.326 e. The number of nitrogens with one attached hydrogen (secondary N) is 5. The molecule has 1 aliphatic heterocycles. The third-order valence-corrected chi connectivity index (χ3v) is 7.61. The Bertz CT molecular complexity index is 1370. The first-order valence-corrected chi connectivity index (χ1v) is 15.6. The van der Waals surface area contributed by atoms with E-state index in [2.05, 4.69) is 31.2 Å². The number of H-pyrrole nitrogens is 1. The van der Waals surface area contributed by atoms with Gasteiger partial charge in [0.1, 0.15) is 30.2 Å². The lowest BCUT2D eigenvalue weighted by Crippen LogP contribution is -2.61. The van der Waals surface area contributed by atoms with Crippen LogP contribution < -0.4 is 38.5 Å². The standard InChI is InChI=1S/C29H46N10O10/c1-13(2)7-17(24(43)37-19(29(48)49)8-15-11-33-12-34-15)35-25(44)18(10-22(32)42)36-27(46)23(14(3)40)38-26(45)20-5-4-6-39(20)28(47)16(30)9-21(31)41/h11-14,16-20,23,40H,4-10,30H2,1-3H3,(H2,31,41)(H2,32,42)(H,33,34)(H,35,44)(H,36,46)(H,37,43)(H,38,45)(H,48,49). The molecule has 20 heteroatoms. The number of aromatic amines is 1. The predicted octanol–water partition coefficient (Wildman–Crippen LogP) is -4.53. The Balaban J connectivity index is 2.19. The number of carboxylic acids is 1. The summed E-state index contributed by atoms with van der Waals surface area (Å²) in [5.41, 5.74) is 16.6. The van der Waals surface area contributed by atoms with Crippen molar-refractivity contribution < 1.29 is 48.6 Å². The SMILES string of the molecule is CC(C)CC(NC(=O)C(CC(N)=O)NC(=O)C(NC(=O)C1CCCN1C(=O)C(N)CC(N)=O)C(C)O)C(=O)NC(Cc1cnc[nH]1)C(=O)O. The molecule has 2 heterocycles. The van der Waals surface area contributed by atoms with Gasteiger partial charge in [-0.3, -0.25) is 33.6 Å². The number of aromatic nitrogens is 2. The highest BCUT2D eigenvalue weighted by Crippen LogP contribution is 2.19. The minimum atomic E-state index is -1.68. The van der Waals surface area contributed by atoms with Gasteiger partial charge in [0.15, 0.2) is 0 Å². The van der Waals surface area contributed by atoms with E-state index >= 15 is 0 Å². The maximum atomic E-state index is 13.4. The molecule has 7 amide bonds. The number of rotatable bonds is 19. The van der Waals surface area contributed by atoms with Crippen LogP contribution in [0.2, 0.25) is 0 Å². The first-order valence-electron chi connectivity index (χ1n) is 15.6. The summed E-state index contributed by atoms with van der Waals surface area (Å²) in [7, 11) is 0. The van der Waals surface area contributed by atoms with Gasteiger partial charge in [0.2, 0.25) is 41.4 Å². The smallest absolute Gasteiger partial charge is 0.326 e. The molecule has 1 aromatic heterocycles. The second-order valence-electron chi connectivity index (χ2n) is 12.3. The van der Waals surface area contributed by atoms with Crippen molar-refractivity contribution in [3.8, 4) is 0 Å². The normalized spacial score (nSPS) is 17.9. The van der Waals surface area contributed by atoms with Crippen molar-refractivity contribution >= 4 is 47.3 Å². The fraction of sp³-hybridized carbons (Fsp3) is 0.621. The second kappa shape index (κ2) is 18.4. The van der Waals surface area contributed by atoms with Crippen LogP contribution in [0.1, 0.15) is 58.6 Å². The van der Waals surface area contributed by atoms with Crippen molar-refractivity contribution in [2.24, 2.45) is 23.1 Å². The van der Waals surface area contributed by atoms with E-state index in [1.807, 2.05) is 0 Å². The molecule has 7 atom stereocenters. The predicted molar refractivity (Wildman–Crippen MR) is 169 cm³/mol. The van der Waals surface area contributed by atoms with Crippen LogP contribution in [0.3, 0.4) is 0 Å². The fourth-order valence-corrected chi connectivity index (χ4v) is 5.21. The molecule has 2 rings (SSSR count). The van der Waals surface area contributed by atoms with Crippen LogP contribution in [0, 0.1) is 5.92 Å². The Morgan fingerprint density at radius 2 is 1.51 bits per heavy atom. The summed E-state index contributed by atoms with van der Waals surface area (Å²) < 4.78 is 0. The number of hydrogen-bond donors (Lipinski definition) is 10. The molecule has 1 saturated heterocycles. The minimum absolute atomic E-state index is 0.0390. The summed E-state index contributed by atoms with van der Waals surface area (Å²) in [6.07, 6.45) is 0.498. The van der Waals surface area contributed by atoms with E-state index in [0.29, 0.717) is 12.1 Å². The van der Waals surface area contributed by atoms with Gasteiger partial charge in [-0.25, -0.2) is 9.78 Å². The van der Waals surface area contributed by atoms with Crippen molar-refractivity contribution in [2.45, 2.75) is 102 Å². The number of carbonyl (C=O) groups is 8. The molecule has 1 aliphatic rings. The van der Waals surface area contributed by atoms with Gasteiger partial charge >= 0.3 is 5.97 Å². The van der Waals surface area contributed by atoms with Gasteiger partial charge in [0.25, 0.3) is 0 Å². The van der Waals surface area contributed by atoms with E-state index < -0.39 is 103 Å². The van der Waals surface area contributed by atoms with Crippen LogP contribution in [0.4, 0.5) is 0 Å². The van der Waals surface area contributed by atoms with Gasteiger partial charge in [-0.15, -0.1) is 0 Å².